The molecule has 0 aliphatic carbocycles. The number of nitrogens with one attached hydrogen (secondary N) is 1. The summed E-state index contributed by atoms with van der Waals surface area (Å²) in [7, 11) is 3.69. The van der Waals surface area contributed by atoms with Gasteiger partial charge < -0.3 is 24.3 Å². The molecule has 0 saturated carbocycles. The van der Waals surface area contributed by atoms with E-state index in [0.29, 0.717) is 13.2 Å². The van der Waals surface area contributed by atoms with Crippen molar-refractivity contribution in [1.29, 1.82) is 0 Å². The van der Waals surface area contributed by atoms with Crippen LogP contribution in [0.4, 0.5) is 0 Å². The number of methoxy groups -OCH3 is 1. The van der Waals surface area contributed by atoms with Gasteiger partial charge in [-0.05, 0) is 38.3 Å². The molecule has 2 aromatic rings. The van der Waals surface area contributed by atoms with Crippen LogP contribution in [0.15, 0.2) is 23.2 Å². The van der Waals surface area contributed by atoms with E-state index in [1.807, 2.05) is 18.5 Å². The first kappa shape index (κ1) is 25.5. The number of rotatable bonds is 7. The molecule has 0 amide bonds. The Morgan fingerprint density at radius 1 is 1.29 bits per heavy atom. The molecule has 8 nitrogen and oxygen atoms in total. The number of aromatic nitrogens is 3. The van der Waals surface area contributed by atoms with E-state index in [2.05, 4.69) is 52.5 Å². The molecule has 1 unspecified atom stereocenters. The van der Waals surface area contributed by atoms with Gasteiger partial charge in [0.2, 0.25) is 0 Å². The minimum Gasteiger partial charge on any atom is -0.385 e. The second kappa shape index (κ2) is 12.4. The molecule has 0 spiro atoms. The fraction of sp³-hybridized carbons (Fsp3) is 0.591. The number of hydrogen-bond acceptors (Lipinski definition) is 5. The largest absolute Gasteiger partial charge is 0.385 e. The van der Waals surface area contributed by atoms with Crippen molar-refractivity contribution in [1.82, 2.24) is 25.0 Å². The van der Waals surface area contributed by atoms with Gasteiger partial charge in [-0.3, -0.25) is 0 Å². The zero-order chi connectivity index (χ0) is 21.5. The molecule has 2 heterocycles. The minimum atomic E-state index is 0. The molecule has 1 aliphatic rings. The molecule has 1 N–H and O–H groups in total. The smallest absolute Gasteiger partial charge is 0.194 e. The van der Waals surface area contributed by atoms with E-state index in [4.69, 9.17) is 14.5 Å². The Labute approximate surface area is 202 Å². The first-order chi connectivity index (χ1) is 14.5. The van der Waals surface area contributed by atoms with Crippen molar-refractivity contribution >= 4 is 29.9 Å². The predicted molar refractivity (Wildman–Crippen MR) is 133 cm³/mol. The lowest BCUT2D eigenvalue weighted by molar-refractivity contribution is -0.00840. The van der Waals surface area contributed by atoms with Gasteiger partial charge >= 0.3 is 0 Å². The summed E-state index contributed by atoms with van der Waals surface area (Å²) in [5.74, 6) is 2.61. The summed E-state index contributed by atoms with van der Waals surface area (Å²) in [6, 6.07) is 6.55. The number of halogens is 1. The molecule has 172 valence electrons. The second-order valence-electron chi connectivity index (χ2n) is 7.80. The fourth-order valence-corrected chi connectivity index (χ4v) is 3.64. The zero-order valence-electron chi connectivity index (χ0n) is 19.2. The normalized spacial score (nSPS) is 16.9. The molecule has 1 aliphatic heterocycles. The lowest BCUT2D eigenvalue weighted by Crippen LogP contribution is -2.48. The van der Waals surface area contributed by atoms with Gasteiger partial charge in [0.05, 0.1) is 13.2 Å². The van der Waals surface area contributed by atoms with E-state index in [-0.39, 0.29) is 30.1 Å². The van der Waals surface area contributed by atoms with E-state index >= 15 is 0 Å². The van der Waals surface area contributed by atoms with Gasteiger partial charge in [-0.1, -0.05) is 23.8 Å². The van der Waals surface area contributed by atoms with Crippen LogP contribution in [-0.4, -0.2) is 65.6 Å². The molecule has 9 heteroatoms. The lowest BCUT2D eigenvalue weighted by Gasteiger charge is -2.36. The number of hydrogen-bond donors (Lipinski definition) is 1. The van der Waals surface area contributed by atoms with Crippen molar-refractivity contribution in [2.24, 2.45) is 12.0 Å². The number of ether oxygens (including phenoxy) is 2. The summed E-state index contributed by atoms with van der Waals surface area (Å²) in [5.41, 5.74) is 3.78. The Morgan fingerprint density at radius 3 is 2.77 bits per heavy atom. The molecule has 1 fully saturated rings. The van der Waals surface area contributed by atoms with Gasteiger partial charge in [-0.2, -0.15) is 0 Å². The van der Waals surface area contributed by atoms with Crippen LogP contribution in [0.25, 0.3) is 0 Å². The average Bonchev–Trinajstić information content (AvgIpc) is 3.05. The Morgan fingerprint density at radius 2 is 2.10 bits per heavy atom. The van der Waals surface area contributed by atoms with Crippen LogP contribution in [-0.2, 0) is 23.1 Å². The summed E-state index contributed by atoms with van der Waals surface area (Å²) in [6.07, 6.45) is 0.950. The zero-order valence-corrected chi connectivity index (χ0v) is 21.6. The van der Waals surface area contributed by atoms with E-state index in [0.717, 1.165) is 50.3 Å². The van der Waals surface area contributed by atoms with Gasteiger partial charge in [0.15, 0.2) is 11.8 Å². The van der Waals surface area contributed by atoms with Crippen molar-refractivity contribution in [2.75, 3.05) is 40.0 Å². The molecular weight excluding hydrogens is 507 g/mol. The van der Waals surface area contributed by atoms with E-state index in [9.17, 15) is 0 Å². The van der Waals surface area contributed by atoms with E-state index < -0.39 is 0 Å². The number of morpholine rings is 1. The topological polar surface area (TPSA) is 76.8 Å². The SMILES string of the molecule is COCCCNC(=NCc1nnc(C)n1C)N1CCOC(c2ccc(C)cc2C)C1.I. The third-order valence-electron chi connectivity index (χ3n) is 5.50. The molecule has 31 heavy (non-hydrogen) atoms. The first-order valence-corrected chi connectivity index (χ1v) is 10.6. The standard InChI is InChI=1S/C22H34N6O2.HI/c1-16-7-8-19(17(2)13-16)20-15-28(10-12-30-20)22(23-9-6-11-29-5)24-14-21-26-25-18(3)27(21)4;/h7-8,13,20H,6,9-12,14-15H2,1-5H3,(H,23,24);1H. The van der Waals surface area contributed by atoms with E-state index in [1.165, 1.54) is 16.7 Å². The Bertz CT molecular complexity index is 870. The van der Waals surface area contributed by atoms with Gasteiger partial charge in [-0.25, -0.2) is 4.99 Å². The second-order valence-corrected chi connectivity index (χ2v) is 7.80. The average molecular weight is 542 g/mol. The highest BCUT2D eigenvalue weighted by Crippen LogP contribution is 2.26. The van der Waals surface area contributed by atoms with Crippen LogP contribution in [0.2, 0.25) is 0 Å². The molecule has 0 radical (unpaired) electrons. The van der Waals surface area contributed by atoms with Crippen molar-refractivity contribution in [3.63, 3.8) is 0 Å². The molecular formula is C22H35IN6O2. The molecule has 1 saturated heterocycles. The predicted octanol–water partition coefficient (Wildman–Crippen LogP) is 2.91. The highest BCUT2D eigenvalue weighted by molar-refractivity contribution is 14.0. The maximum atomic E-state index is 6.12. The van der Waals surface area contributed by atoms with Gasteiger partial charge in [0, 0.05) is 33.9 Å². The Kier molecular flexibility index (Phi) is 10.2. The van der Waals surface area contributed by atoms with Gasteiger partial charge in [-0.15, -0.1) is 34.2 Å². The van der Waals surface area contributed by atoms with Crippen LogP contribution in [0.5, 0.6) is 0 Å². The van der Waals surface area contributed by atoms with Crippen molar-refractivity contribution in [2.45, 2.75) is 39.8 Å². The third kappa shape index (κ3) is 6.88. The first-order valence-electron chi connectivity index (χ1n) is 10.6. The third-order valence-corrected chi connectivity index (χ3v) is 5.50. The fourth-order valence-electron chi connectivity index (χ4n) is 3.64. The minimum absolute atomic E-state index is 0. The van der Waals surface area contributed by atoms with Gasteiger partial charge in [0.1, 0.15) is 18.5 Å². The summed E-state index contributed by atoms with van der Waals surface area (Å²) in [4.78, 5) is 7.15. The van der Waals surface area contributed by atoms with Crippen LogP contribution in [0, 0.1) is 20.8 Å². The number of aryl methyl sites for hydroxylation is 3. The number of guanidine groups is 1. The summed E-state index contributed by atoms with van der Waals surface area (Å²) < 4.78 is 13.3. The molecule has 3 rings (SSSR count). The number of aliphatic imine (C=N–C) groups is 1. The highest BCUT2D eigenvalue weighted by atomic mass is 127. The Balaban J connectivity index is 0.00000341. The van der Waals surface area contributed by atoms with Crippen LogP contribution in [0.3, 0.4) is 0 Å². The molecule has 1 aromatic heterocycles. The number of nitrogens with zero attached hydrogens (tertiary/aromatic N) is 5. The molecule has 1 aromatic carbocycles. The van der Waals surface area contributed by atoms with Crippen molar-refractivity contribution < 1.29 is 9.47 Å². The molecule has 1 atom stereocenters. The number of benzene rings is 1. The van der Waals surface area contributed by atoms with Crippen LogP contribution >= 0.6 is 24.0 Å². The van der Waals surface area contributed by atoms with Crippen molar-refractivity contribution in [3.05, 3.63) is 46.5 Å². The summed E-state index contributed by atoms with van der Waals surface area (Å²) in [5, 5.41) is 11.9. The van der Waals surface area contributed by atoms with Crippen LogP contribution < -0.4 is 5.32 Å². The monoisotopic (exact) mass is 542 g/mol. The lowest BCUT2D eigenvalue weighted by atomic mass is 10.00. The maximum absolute atomic E-state index is 6.12. The van der Waals surface area contributed by atoms with Crippen molar-refractivity contribution in [3.8, 4) is 0 Å². The van der Waals surface area contributed by atoms with Gasteiger partial charge in [0.25, 0.3) is 0 Å². The Hall–Kier alpha value is -1.72. The van der Waals surface area contributed by atoms with E-state index in [1.54, 1.807) is 7.11 Å². The summed E-state index contributed by atoms with van der Waals surface area (Å²) >= 11 is 0. The van der Waals surface area contributed by atoms with Crippen LogP contribution in [0.1, 0.15) is 40.9 Å². The summed E-state index contributed by atoms with van der Waals surface area (Å²) in [6.45, 7) is 10.4. The highest BCUT2D eigenvalue weighted by Gasteiger charge is 2.25. The maximum Gasteiger partial charge on any atom is 0.194 e. The molecule has 0 bridgehead atoms. The quantitative estimate of drug-likeness (QED) is 0.251.